The molecule has 0 saturated heterocycles. The minimum absolute atomic E-state index is 0.0325. The largest absolute Gasteiger partial charge is 0.465 e. The first-order chi connectivity index (χ1) is 16.7. The second kappa shape index (κ2) is 9.57. The smallest absolute Gasteiger partial charge is 0.337 e. The van der Waals surface area contributed by atoms with E-state index >= 15 is 0 Å². The van der Waals surface area contributed by atoms with Gasteiger partial charge in [0.25, 0.3) is 21.8 Å². The molecule has 2 amide bonds. The van der Waals surface area contributed by atoms with Crippen molar-refractivity contribution in [3.63, 3.8) is 0 Å². The Hall–Kier alpha value is -4.22. The van der Waals surface area contributed by atoms with Crippen LogP contribution in [0.2, 0.25) is 0 Å². The monoisotopic (exact) mass is 512 g/mol. The molecule has 0 aliphatic carbocycles. The molecule has 12 heteroatoms. The van der Waals surface area contributed by atoms with Crippen molar-refractivity contribution in [2.45, 2.75) is 4.90 Å². The maximum atomic E-state index is 12.9. The third-order valence-electron chi connectivity index (χ3n) is 4.91. The number of halogens is 1. The van der Waals surface area contributed by atoms with Gasteiger partial charge in [-0.15, -0.1) is 0 Å². The van der Waals surface area contributed by atoms with Gasteiger partial charge in [-0.05, 0) is 60.7 Å². The number of carbonyl (C=O) groups excluding carboxylic acids is 3. The van der Waals surface area contributed by atoms with Gasteiger partial charge in [0.15, 0.2) is 0 Å². The average Bonchev–Trinajstić information content (AvgIpc) is 3.07. The van der Waals surface area contributed by atoms with Gasteiger partial charge in [-0.2, -0.15) is 0 Å². The number of anilines is 3. The molecular formula is C23H17ClN4O6S. The van der Waals surface area contributed by atoms with E-state index in [1.54, 1.807) is 12.1 Å². The summed E-state index contributed by atoms with van der Waals surface area (Å²) < 4.78 is 32.1. The van der Waals surface area contributed by atoms with Crippen LogP contribution in [0.1, 0.15) is 10.4 Å². The molecule has 178 valence electrons. The number of pyridine rings is 1. The molecule has 0 radical (unpaired) electrons. The predicted molar refractivity (Wildman–Crippen MR) is 128 cm³/mol. The highest BCUT2D eigenvalue weighted by Gasteiger charge is 2.39. The molecule has 2 aromatic carbocycles. The summed E-state index contributed by atoms with van der Waals surface area (Å²) in [5, 5.41) is 2.44. The number of imide groups is 1. The first-order valence-corrected chi connectivity index (χ1v) is 11.9. The fourth-order valence-corrected chi connectivity index (χ4v) is 4.41. The summed E-state index contributed by atoms with van der Waals surface area (Å²) in [5.41, 5.74) is 0.625. The average molecular weight is 513 g/mol. The fourth-order valence-electron chi connectivity index (χ4n) is 3.19. The van der Waals surface area contributed by atoms with E-state index in [0.717, 1.165) is 4.90 Å². The van der Waals surface area contributed by atoms with Crippen LogP contribution in [-0.4, -0.2) is 38.3 Å². The molecule has 35 heavy (non-hydrogen) atoms. The van der Waals surface area contributed by atoms with Crippen molar-refractivity contribution >= 4 is 56.6 Å². The lowest BCUT2D eigenvalue weighted by atomic mass is 10.2. The van der Waals surface area contributed by atoms with Crippen LogP contribution in [0.25, 0.3) is 0 Å². The Morgan fingerprint density at radius 2 is 1.66 bits per heavy atom. The minimum Gasteiger partial charge on any atom is -0.465 e. The molecule has 2 heterocycles. The lowest BCUT2D eigenvalue weighted by Crippen LogP contribution is -2.32. The Labute approximate surface area is 205 Å². The lowest BCUT2D eigenvalue weighted by molar-refractivity contribution is -0.120. The maximum Gasteiger partial charge on any atom is 0.337 e. The first-order valence-electron chi connectivity index (χ1n) is 9.99. The van der Waals surface area contributed by atoms with Gasteiger partial charge < -0.3 is 10.1 Å². The van der Waals surface area contributed by atoms with Gasteiger partial charge in [0.2, 0.25) is 0 Å². The van der Waals surface area contributed by atoms with E-state index in [9.17, 15) is 22.8 Å². The van der Waals surface area contributed by atoms with Gasteiger partial charge in [-0.3, -0.25) is 14.3 Å². The third-order valence-corrected chi connectivity index (χ3v) is 6.63. The molecule has 1 aliphatic heterocycles. The van der Waals surface area contributed by atoms with E-state index in [1.807, 2.05) is 0 Å². The predicted octanol–water partition coefficient (Wildman–Crippen LogP) is 3.10. The summed E-state index contributed by atoms with van der Waals surface area (Å²) in [6, 6.07) is 16.0. The second-order valence-electron chi connectivity index (χ2n) is 7.14. The summed E-state index contributed by atoms with van der Waals surface area (Å²) in [5.74, 6) is -1.85. The van der Waals surface area contributed by atoms with Crippen LogP contribution in [0.4, 0.5) is 17.2 Å². The highest BCUT2D eigenvalue weighted by atomic mass is 35.5. The number of hydrogen-bond acceptors (Lipinski definition) is 8. The van der Waals surface area contributed by atoms with E-state index in [2.05, 4.69) is 19.8 Å². The molecule has 1 aliphatic rings. The van der Waals surface area contributed by atoms with E-state index < -0.39 is 27.8 Å². The number of benzene rings is 2. The van der Waals surface area contributed by atoms with Crippen LogP contribution in [0.3, 0.4) is 0 Å². The number of methoxy groups -OCH3 is 1. The number of amides is 2. The summed E-state index contributed by atoms with van der Waals surface area (Å²) in [6.45, 7) is 0. The molecule has 0 fully saturated rings. The lowest BCUT2D eigenvalue weighted by Gasteiger charge is -2.15. The SMILES string of the molecule is COC(=O)c1ccc(N2C(=O)C(Cl)=C(Nc3ccc(S(=O)(=O)Nc4ccccn4)cc3)C2=O)cc1. The number of esters is 1. The zero-order chi connectivity index (χ0) is 25.2. The fraction of sp³-hybridized carbons (Fsp3) is 0.0435. The second-order valence-corrected chi connectivity index (χ2v) is 9.20. The van der Waals surface area contributed by atoms with E-state index in [4.69, 9.17) is 11.6 Å². The van der Waals surface area contributed by atoms with Crippen molar-refractivity contribution in [2.75, 3.05) is 22.0 Å². The molecule has 3 aromatic rings. The zero-order valence-corrected chi connectivity index (χ0v) is 19.6. The number of ether oxygens (including phenoxy) is 1. The number of rotatable bonds is 7. The van der Waals surface area contributed by atoms with Crippen molar-refractivity contribution in [3.05, 3.63) is 89.2 Å². The van der Waals surface area contributed by atoms with Crippen molar-refractivity contribution < 1.29 is 27.5 Å². The Bertz CT molecular complexity index is 1440. The maximum absolute atomic E-state index is 12.9. The van der Waals surface area contributed by atoms with Crippen molar-refractivity contribution in [1.29, 1.82) is 0 Å². The number of nitrogens with zero attached hydrogens (tertiary/aromatic N) is 2. The molecule has 2 N–H and O–H groups in total. The molecule has 0 saturated carbocycles. The van der Waals surface area contributed by atoms with Crippen LogP contribution in [0.5, 0.6) is 0 Å². The number of sulfonamides is 1. The summed E-state index contributed by atoms with van der Waals surface area (Å²) in [6.07, 6.45) is 1.46. The minimum atomic E-state index is -3.88. The van der Waals surface area contributed by atoms with E-state index in [1.165, 1.54) is 67.9 Å². The van der Waals surface area contributed by atoms with Crippen LogP contribution >= 0.6 is 11.6 Å². The summed E-state index contributed by atoms with van der Waals surface area (Å²) >= 11 is 6.13. The Morgan fingerprint density at radius 1 is 0.971 bits per heavy atom. The molecule has 4 rings (SSSR count). The Balaban J connectivity index is 1.50. The molecule has 0 spiro atoms. The molecule has 0 unspecified atom stereocenters. The topological polar surface area (TPSA) is 135 Å². The summed E-state index contributed by atoms with van der Waals surface area (Å²) in [4.78, 5) is 41.9. The summed E-state index contributed by atoms with van der Waals surface area (Å²) in [7, 11) is -2.64. The van der Waals surface area contributed by atoms with Gasteiger partial charge in [0.1, 0.15) is 16.5 Å². The Kier molecular flexibility index (Phi) is 6.54. The van der Waals surface area contributed by atoms with Gasteiger partial charge in [0.05, 0.1) is 23.3 Å². The normalized spacial score (nSPS) is 13.7. The van der Waals surface area contributed by atoms with Crippen LogP contribution in [0.15, 0.2) is 88.6 Å². The highest BCUT2D eigenvalue weighted by Crippen LogP contribution is 2.30. The van der Waals surface area contributed by atoms with Crippen molar-refractivity contribution in [1.82, 2.24) is 4.98 Å². The highest BCUT2D eigenvalue weighted by molar-refractivity contribution is 7.92. The molecule has 1 aromatic heterocycles. The quantitative estimate of drug-likeness (QED) is 0.364. The standard InChI is InChI=1S/C23H17ClN4O6S/c1-34-23(31)14-5-9-16(10-6-14)28-21(29)19(24)20(22(28)30)26-15-7-11-17(12-8-15)35(32,33)27-18-4-2-3-13-25-18/h2-13,26H,1H3,(H,25,27). The Morgan fingerprint density at radius 3 is 2.26 bits per heavy atom. The zero-order valence-electron chi connectivity index (χ0n) is 18.1. The number of aromatic nitrogens is 1. The molecular weight excluding hydrogens is 496 g/mol. The van der Waals surface area contributed by atoms with Crippen LogP contribution in [-0.2, 0) is 24.3 Å². The van der Waals surface area contributed by atoms with E-state index in [-0.39, 0.29) is 32.7 Å². The molecule has 0 atom stereocenters. The van der Waals surface area contributed by atoms with Gasteiger partial charge in [-0.25, -0.2) is 23.1 Å². The van der Waals surface area contributed by atoms with Gasteiger partial charge >= 0.3 is 5.97 Å². The van der Waals surface area contributed by atoms with Gasteiger partial charge in [-0.1, -0.05) is 17.7 Å². The van der Waals surface area contributed by atoms with Crippen LogP contribution < -0.4 is 14.9 Å². The van der Waals surface area contributed by atoms with Gasteiger partial charge in [0, 0.05) is 11.9 Å². The van der Waals surface area contributed by atoms with Crippen molar-refractivity contribution in [3.8, 4) is 0 Å². The number of nitrogens with one attached hydrogen (secondary N) is 2. The number of carbonyl (C=O) groups is 3. The first kappa shape index (κ1) is 23.9. The van der Waals surface area contributed by atoms with Crippen molar-refractivity contribution in [2.24, 2.45) is 0 Å². The molecule has 0 bridgehead atoms. The van der Waals surface area contributed by atoms with E-state index in [0.29, 0.717) is 5.69 Å². The van der Waals surface area contributed by atoms with Crippen LogP contribution in [0, 0.1) is 0 Å². The number of hydrogen-bond donors (Lipinski definition) is 2. The molecule has 10 nitrogen and oxygen atoms in total. The third kappa shape index (κ3) is 4.86.